The van der Waals surface area contributed by atoms with E-state index < -0.39 is 0 Å². The third-order valence-corrected chi connectivity index (χ3v) is 4.85. The first-order valence-electron chi connectivity index (χ1n) is 8.85. The molecule has 0 atom stereocenters. The van der Waals surface area contributed by atoms with E-state index in [-0.39, 0.29) is 5.91 Å². The van der Waals surface area contributed by atoms with Crippen molar-refractivity contribution in [1.82, 2.24) is 0 Å². The molecule has 0 aromatic heterocycles. The molecule has 1 fully saturated rings. The summed E-state index contributed by atoms with van der Waals surface area (Å²) in [6, 6.07) is 4.63. The highest BCUT2D eigenvalue weighted by molar-refractivity contribution is 5.90. The van der Waals surface area contributed by atoms with Crippen LogP contribution in [0.25, 0.3) is 0 Å². The van der Waals surface area contributed by atoms with Gasteiger partial charge in [-0.25, -0.2) is 0 Å². The van der Waals surface area contributed by atoms with Crippen molar-refractivity contribution >= 4 is 11.6 Å². The molecule has 1 aliphatic carbocycles. The summed E-state index contributed by atoms with van der Waals surface area (Å²) in [6.07, 6.45) is 6.72. The number of anilines is 1. The lowest BCUT2D eigenvalue weighted by Gasteiger charge is -2.28. The number of hydrogen-bond donors (Lipinski definition) is 1. The number of benzene rings is 1. The molecule has 2 nitrogen and oxygen atoms in total. The summed E-state index contributed by atoms with van der Waals surface area (Å²) in [7, 11) is 0. The summed E-state index contributed by atoms with van der Waals surface area (Å²) >= 11 is 0. The van der Waals surface area contributed by atoms with Gasteiger partial charge < -0.3 is 5.32 Å². The van der Waals surface area contributed by atoms with Gasteiger partial charge in [-0.2, -0.15) is 0 Å². The van der Waals surface area contributed by atoms with Gasteiger partial charge in [0.2, 0.25) is 5.91 Å². The molecule has 1 aromatic carbocycles. The van der Waals surface area contributed by atoms with Crippen LogP contribution in [0.2, 0.25) is 0 Å². The molecule has 0 bridgehead atoms. The molecule has 0 spiro atoms. The topological polar surface area (TPSA) is 29.1 Å². The summed E-state index contributed by atoms with van der Waals surface area (Å²) in [5.74, 6) is 1.63. The lowest BCUT2D eigenvalue weighted by atomic mass is 9.78. The molecule has 22 heavy (non-hydrogen) atoms. The van der Waals surface area contributed by atoms with Gasteiger partial charge in [0.1, 0.15) is 0 Å². The van der Waals surface area contributed by atoms with Gasteiger partial charge in [-0.3, -0.25) is 4.79 Å². The third kappa shape index (κ3) is 3.91. The van der Waals surface area contributed by atoms with E-state index in [0.717, 1.165) is 5.69 Å². The Morgan fingerprint density at radius 2 is 1.59 bits per heavy atom. The summed E-state index contributed by atoms with van der Waals surface area (Å²) in [4.78, 5) is 11.5. The first-order valence-corrected chi connectivity index (χ1v) is 8.85. The van der Waals surface area contributed by atoms with E-state index in [1.807, 2.05) is 0 Å². The fourth-order valence-electron chi connectivity index (χ4n) is 3.69. The number of amides is 1. The first kappa shape index (κ1) is 17.1. The average Bonchev–Trinajstić information content (AvgIpc) is 2.46. The molecule has 0 saturated heterocycles. The second-order valence-electron chi connectivity index (χ2n) is 7.39. The van der Waals surface area contributed by atoms with E-state index in [4.69, 9.17) is 0 Å². The Labute approximate surface area is 135 Å². The van der Waals surface area contributed by atoms with Gasteiger partial charge in [0.05, 0.1) is 0 Å². The number of carbonyl (C=O) groups excluding carboxylic acids is 1. The van der Waals surface area contributed by atoms with Crippen LogP contribution in [0.3, 0.4) is 0 Å². The van der Waals surface area contributed by atoms with Crippen molar-refractivity contribution < 1.29 is 4.79 Å². The van der Waals surface area contributed by atoms with Crippen LogP contribution in [0, 0.1) is 0 Å². The number of hydrogen-bond acceptors (Lipinski definition) is 1. The molecular formula is C20H31NO. The highest BCUT2D eigenvalue weighted by Gasteiger charge is 2.22. The van der Waals surface area contributed by atoms with Gasteiger partial charge in [0.15, 0.2) is 0 Å². The second-order valence-corrected chi connectivity index (χ2v) is 7.39. The quantitative estimate of drug-likeness (QED) is 0.732. The Kier molecular flexibility index (Phi) is 5.66. The van der Waals surface area contributed by atoms with Crippen molar-refractivity contribution in [2.24, 2.45) is 0 Å². The maximum atomic E-state index is 11.5. The zero-order valence-electron chi connectivity index (χ0n) is 14.8. The Bertz CT molecular complexity index is 525. The van der Waals surface area contributed by atoms with Crippen LogP contribution in [0.15, 0.2) is 12.1 Å². The maximum absolute atomic E-state index is 11.5. The Balaban J connectivity index is 2.50. The molecule has 0 radical (unpaired) electrons. The van der Waals surface area contributed by atoms with E-state index in [2.05, 4.69) is 45.1 Å². The van der Waals surface area contributed by atoms with Gasteiger partial charge >= 0.3 is 0 Å². The SMILES string of the molecule is CC(=O)Nc1cc(C(C)C)c(C2CCCCC2)cc1C(C)C. The Morgan fingerprint density at radius 1 is 1.00 bits per heavy atom. The van der Waals surface area contributed by atoms with E-state index in [1.54, 1.807) is 6.92 Å². The number of nitrogens with one attached hydrogen (secondary N) is 1. The monoisotopic (exact) mass is 301 g/mol. The van der Waals surface area contributed by atoms with E-state index in [1.165, 1.54) is 48.8 Å². The van der Waals surface area contributed by atoms with Crippen molar-refractivity contribution in [3.8, 4) is 0 Å². The van der Waals surface area contributed by atoms with E-state index in [9.17, 15) is 4.79 Å². The average molecular weight is 301 g/mol. The largest absolute Gasteiger partial charge is 0.326 e. The molecule has 1 N–H and O–H groups in total. The Morgan fingerprint density at radius 3 is 2.09 bits per heavy atom. The fourth-order valence-corrected chi connectivity index (χ4v) is 3.69. The number of rotatable bonds is 4. The molecule has 0 unspecified atom stereocenters. The minimum Gasteiger partial charge on any atom is -0.326 e. The third-order valence-electron chi connectivity index (χ3n) is 4.85. The summed E-state index contributed by atoms with van der Waals surface area (Å²) in [5.41, 5.74) is 5.23. The summed E-state index contributed by atoms with van der Waals surface area (Å²) < 4.78 is 0. The lowest BCUT2D eigenvalue weighted by Crippen LogP contribution is -2.13. The molecule has 122 valence electrons. The zero-order valence-corrected chi connectivity index (χ0v) is 14.8. The van der Waals surface area contributed by atoms with Crippen LogP contribution in [-0.2, 0) is 4.79 Å². The van der Waals surface area contributed by atoms with Gasteiger partial charge in [-0.15, -0.1) is 0 Å². The Hall–Kier alpha value is -1.31. The highest BCUT2D eigenvalue weighted by atomic mass is 16.1. The standard InChI is InChI=1S/C20H31NO/c1-13(2)17-12-20(21-15(5)22)18(14(3)4)11-19(17)16-9-7-6-8-10-16/h11-14,16H,6-10H2,1-5H3,(H,21,22). The van der Waals surface area contributed by atoms with Gasteiger partial charge in [0, 0.05) is 12.6 Å². The van der Waals surface area contributed by atoms with Crippen molar-refractivity contribution in [2.75, 3.05) is 5.32 Å². The van der Waals surface area contributed by atoms with E-state index >= 15 is 0 Å². The van der Waals surface area contributed by atoms with Crippen molar-refractivity contribution in [1.29, 1.82) is 0 Å². The van der Waals surface area contributed by atoms with Crippen LogP contribution in [0.4, 0.5) is 5.69 Å². The minimum atomic E-state index is 0.0158. The van der Waals surface area contributed by atoms with Crippen LogP contribution in [0.5, 0.6) is 0 Å². The zero-order chi connectivity index (χ0) is 16.3. The second kappa shape index (κ2) is 7.30. The molecule has 1 aromatic rings. The summed E-state index contributed by atoms with van der Waals surface area (Å²) in [5, 5.41) is 3.04. The molecule has 1 amide bonds. The van der Waals surface area contributed by atoms with Gasteiger partial charge in [-0.1, -0.05) is 53.0 Å². The van der Waals surface area contributed by atoms with Gasteiger partial charge in [0.25, 0.3) is 0 Å². The van der Waals surface area contributed by atoms with Crippen LogP contribution >= 0.6 is 0 Å². The van der Waals surface area contributed by atoms with Crippen molar-refractivity contribution in [3.63, 3.8) is 0 Å². The molecule has 2 rings (SSSR count). The minimum absolute atomic E-state index is 0.0158. The lowest BCUT2D eigenvalue weighted by molar-refractivity contribution is -0.114. The van der Waals surface area contributed by atoms with Crippen LogP contribution in [0.1, 0.15) is 101 Å². The molecule has 1 saturated carbocycles. The molecule has 1 aliphatic rings. The predicted octanol–water partition coefficient (Wildman–Crippen LogP) is 5.94. The molecule has 0 aliphatic heterocycles. The molecular weight excluding hydrogens is 270 g/mol. The first-order chi connectivity index (χ1) is 10.4. The molecule has 0 heterocycles. The van der Waals surface area contributed by atoms with Gasteiger partial charge in [-0.05, 0) is 53.4 Å². The van der Waals surface area contributed by atoms with Crippen molar-refractivity contribution in [3.05, 3.63) is 28.8 Å². The number of carbonyl (C=O) groups is 1. The van der Waals surface area contributed by atoms with Crippen molar-refractivity contribution in [2.45, 2.75) is 84.5 Å². The smallest absolute Gasteiger partial charge is 0.221 e. The molecule has 2 heteroatoms. The van der Waals surface area contributed by atoms with Crippen LogP contribution in [-0.4, -0.2) is 5.91 Å². The summed E-state index contributed by atoms with van der Waals surface area (Å²) in [6.45, 7) is 10.5. The van der Waals surface area contributed by atoms with Crippen LogP contribution < -0.4 is 5.32 Å². The maximum Gasteiger partial charge on any atom is 0.221 e. The van der Waals surface area contributed by atoms with E-state index in [0.29, 0.717) is 17.8 Å². The predicted molar refractivity (Wildman–Crippen MR) is 94.7 cm³/mol. The normalized spacial score (nSPS) is 16.3. The highest BCUT2D eigenvalue weighted by Crippen LogP contribution is 2.40. The fraction of sp³-hybridized carbons (Fsp3) is 0.650.